The number of ether oxygens (including phenoxy) is 1. The molecule has 1 aromatic carbocycles. The van der Waals surface area contributed by atoms with Crippen LogP contribution in [-0.2, 0) is 0 Å². The first-order chi connectivity index (χ1) is 9.86. The van der Waals surface area contributed by atoms with Crippen molar-refractivity contribution < 1.29 is 4.74 Å². The topological polar surface area (TPSA) is 46.2 Å². The second-order valence-electron chi connectivity index (χ2n) is 5.32. The van der Waals surface area contributed by atoms with Crippen LogP contribution in [0.5, 0.6) is 5.75 Å². The Bertz CT molecular complexity index is 579. The number of piperidine rings is 1. The summed E-state index contributed by atoms with van der Waals surface area (Å²) in [5, 5.41) is 9.23. The third-order valence-electron chi connectivity index (χ3n) is 3.99. The van der Waals surface area contributed by atoms with Crippen LogP contribution < -0.4 is 15.4 Å². The maximum absolute atomic E-state index is 5.27. The van der Waals surface area contributed by atoms with E-state index in [9.17, 15) is 0 Å². The molecule has 3 rings (SSSR count). The molecule has 0 radical (unpaired) electrons. The van der Waals surface area contributed by atoms with E-state index >= 15 is 0 Å². The predicted molar refractivity (Wildman–Crippen MR) is 82.4 cm³/mol. The smallest absolute Gasteiger partial charge is 0.133 e. The van der Waals surface area contributed by atoms with Crippen LogP contribution in [0.25, 0.3) is 10.8 Å². The second kappa shape index (κ2) is 6.09. The first-order valence-corrected chi connectivity index (χ1v) is 7.24. The molecule has 2 N–H and O–H groups in total. The Morgan fingerprint density at radius 2 is 2.15 bits per heavy atom. The second-order valence-corrected chi connectivity index (χ2v) is 5.32. The number of rotatable bonds is 4. The quantitative estimate of drug-likeness (QED) is 0.897. The van der Waals surface area contributed by atoms with Crippen molar-refractivity contribution in [1.29, 1.82) is 0 Å². The summed E-state index contributed by atoms with van der Waals surface area (Å²) >= 11 is 0. The van der Waals surface area contributed by atoms with E-state index in [1.807, 2.05) is 24.4 Å². The summed E-state index contributed by atoms with van der Waals surface area (Å²) in [7, 11) is 1.69. The van der Waals surface area contributed by atoms with Gasteiger partial charge in [-0.2, -0.15) is 0 Å². The fraction of sp³-hybridized carbons (Fsp3) is 0.438. The zero-order chi connectivity index (χ0) is 13.8. The number of benzene rings is 1. The number of fused-ring (bicyclic) bond motifs is 1. The van der Waals surface area contributed by atoms with Crippen LogP contribution >= 0.6 is 0 Å². The van der Waals surface area contributed by atoms with Gasteiger partial charge in [0.2, 0.25) is 0 Å². The summed E-state index contributed by atoms with van der Waals surface area (Å²) in [4.78, 5) is 4.48. The molecule has 1 aromatic heterocycles. The molecule has 0 bridgehead atoms. The van der Waals surface area contributed by atoms with E-state index in [0.717, 1.165) is 47.9 Å². The molecule has 20 heavy (non-hydrogen) atoms. The van der Waals surface area contributed by atoms with Gasteiger partial charge in [0.05, 0.1) is 7.11 Å². The van der Waals surface area contributed by atoms with Gasteiger partial charge in [0.15, 0.2) is 0 Å². The van der Waals surface area contributed by atoms with Crippen LogP contribution in [0, 0.1) is 5.92 Å². The summed E-state index contributed by atoms with van der Waals surface area (Å²) in [6, 6.07) is 8.13. The number of nitrogens with zero attached hydrogens (tertiary/aromatic N) is 1. The molecule has 106 valence electrons. The van der Waals surface area contributed by atoms with Crippen LogP contribution in [-0.4, -0.2) is 31.7 Å². The number of hydrogen-bond acceptors (Lipinski definition) is 4. The van der Waals surface area contributed by atoms with E-state index < -0.39 is 0 Å². The molecule has 1 aliphatic heterocycles. The number of aromatic nitrogens is 1. The van der Waals surface area contributed by atoms with Crippen molar-refractivity contribution in [2.75, 3.05) is 32.1 Å². The molecule has 0 aliphatic carbocycles. The van der Waals surface area contributed by atoms with E-state index in [1.54, 1.807) is 7.11 Å². The maximum atomic E-state index is 5.27. The van der Waals surface area contributed by atoms with Crippen molar-refractivity contribution in [1.82, 2.24) is 10.3 Å². The molecule has 2 heterocycles. The average Bonchev–Trinajstić information content (AvgIpc) is 2.53. The van der Waals surface area contributed by atoms with Crippen LogP contribution in [0.3, 0.4) is 0 Å². The molecule has 4 heteroatoms. The van der Waals surface area contributed by atoms with Gasteiger partial charge in [0.25, 0.3) is 0 Å². The van der Waals surface area contributed by atoms with Gasteiger partial charge in [-0.1, -0.05) is 0 Å². The van der Waals surface area contributed by atoms with Gasteiger partial charge < -0.3 is 15.4 Å². The van der Waals surface area contributed by atoms with Gasteiger partial charge in [-0.05, 0) is 61.5 Å². The highest BCUT2D eigenvalue weighted by Crippen LogP contribution is 2.25. The van der Waals surface area contributed by atoms with E-state index in [-0.39, 0.29) is 0 Å². The molecule has 0 saturated carbocycles. The SMILES string of the molecule is COc1ccc2c(NCC3CCNCC3)nccc2c1. The molecule has 1 saturated heterocycles. The first-order valence-electron chi connectivity index (χ1n) is 7.24. The molecule has 0 atom stereocenters. The van der Waals surface area contributed by atoms with Crippen molar-refractivity contribution in [2.45, 2.75) is 12.8 Å². The molecule has 0 unspecified atom stereocenters. The van der Waals surface area contributed by atoms with Gasteiger partial charge in [-0.3, -0.25) is 0 Å². The van der Waals surface area contributed by atoms with Gasteiger partial charge in [-0.15, -0.1) is 0 Å². The molecular formula is C16H21N3O. The maximum Gasteiger partial charge on any atom is 0.133 e. The lowest BCUT2D eigenvalue weighted by molar-refractivity contribution is 0.389. The highest BCUT2D eigenvalue weighted by atomic mass is 16.5. The van der Waals surface area contributed by atoms with Crippen LogP contribution in [0.1, 0.15) is 12.8 Å². The molecule has 4 nitrogen and oxygen atoms in total. The minimum atomic E-state index is 0.742. The van der Waals surface area contributed by atoms with Crippen LogP contribution in [0.4, 0.5) is 5.82 Å². The van der Waals surface area contributed by atoms with E-state index in [2.05, 4.69) is 21.7 Å². The summed E-state index contributed by atoms with van der Waals surface area (Å²) < 4.78 is 5.27. The molecular weight excluding hydrogens is 250 g/mol. The third-order valence-corrected chi connectivity index (χ3v) is 3.99. The fourth-order valence-corrected chi connectivity index (χ4v) is 2.75. The van der Waals surface area contributed by atoms with Gasteiger partial charge in [-0.25, -0.2) is 4.98 Å². The lowest BCUT2D eigenvalue weighted by Crippen LogP contribution is -2.31. The van der Waals surface area contributed by atoms with Gasteiger partial charge in [0.1, 0.15) is 11.6 Å². The highest BCUT2D eigenvalue weighted by Gasteiger charge is 2.13. The lowest BCUT2D eigenvalue weighted by atomic mass is 9.98. The lowest BCUT2D eigenvalue weighted by Gasteiger charge is -2.23. The van der Waals surface area contributed by atoms with Crippen LogP contribution in [0.15, 0.2) is 30.5 Å². The number of pyridine rings is 1. The van der Waals surface area contributed by atoms with Crippen LogP contribution in [0.2, 0.25) is 0 Å². The third kappa shape index (κ3) is 2.85. The Labute approximate surface area is 119 Å². The standard InChI is InChI=1S/C16H21N3O/c1-20-14-2-3-15-13(10-14)6-9-18-16(15)19-11-12-4-7-17-8-5-12/h2-3,6,9-10,12,17H,4-5,7-8,11H2,1H3,(H,18,19). The van der Waals surface area contributed by atoms with E-state index in [4.69, 9.17) is 4.74 Å². The Morgan fingerprint density at radius 3 is 2.95 bits per heavy atom. The Kier molecular flexibility index (Phi) is 4.02. The minimum Gasteiger partial charge on any atom is -0.497 e. The monoisotopic (exact) mass is 271 g/mol. The van der Waals surface area contributed by atoms with Crippen molar-refractivity contribution in [3.63, 3.8) is 0 Å². The number of methoxy groups -OCH3 is 1. The Morgan fingerprint density at radius 1 is 1.30 bits per heavy atom. The summed E-state index contributed by atoms with van der Waals surface area (Å²) in [6.07, 6.45) is 4.34. The van der Waals surface area contributed by atoms with E-state index in [1.165, 1.54) is 12.8 Å². The van der Waals surface area contributed by atoms with Gasteiger partial charge in [0, 0.05) is 18.1 Å². The van der Waals surface area contributed by atoms with Crippen molar-refractivity contribution in [3.8, 4) is 5.75 Å². The van der Waals surface area contributed by atoms with Gasteiger partial charge >= 0.3 is 0 Å². The zero-order valence-corrected chi connectivity index (χ0v) is 11.9. The Balaban J connectivity index is 1.76. The zero-order valence-electron chi connectivity index (χ0n) is 11.9. The minimum absolute atomic E-state index is 0.742. The molecule has 0 spiro atoms. The summed E-state index contributed by atoms with van der Waals surface area (Å²) in [5.74, 6) is 2.60. The summed E-state index contributed by atoms with van der Waals surface area (Å²) in [5.41, 5.74) is 0. The molecule has 0 amide bonds. The van der Waals surface area contributed by atoms with Crippen molar-refractivity contribution in [3.05, 3.63) is 30.5 Å². The average molecular weight is 271 g/mol. The number of nitrogens with one attached hydrogen (secondary N) is 2. The summed E-state index contributed by atoms with van der Waals surface area (Å²) in [6.45, 7) is 3.26. The Hall–Kier alpha value is -1.81. The largest absolute Gasteiger partial charge is 0.497 e. The molecule has 1 fully saturated rings. The molecule has 1 aliphatic rings. The van der Waals surface area contributed by atoms with E-state index in [0.29, 0.717) is 0 Å². The number of anilines is 1. The predicted octanol–water partition coefficient (Wildman–Crippen LogP) is 2.65. The normalized spacial score (nSPS) is 16.2. The first kappa shape index (κ1) is 13.2. The fourth-order valence-electron chi connectivity index (χ4n) is 2.75. The highest BCUT2D eigenvalue weighted by molar-refractivity contribution is 5.92. The van der Waals surface area contributed by atoms with Crippen molar-refractivity contribution >= 4 is 16.6 Å². The number of hydrogen-bond donors (Lipinski definition) is 2. The molecule has 2 aromatic rings. The van der Waals surface area contributed by atoms with Crippen molar-refractivity contribution in [2.24, 2.45) is 5.92 Å².